The molecular weight excluding hydrogens is 298 g/mol. The van der Waals surface area contributed by atoms with Gasteiger partial charge >= 0.3 is 0 Å². The molecule has 3 aromatic rings. The van der Waals surface area contributed by atoms with Crippen molar-refractivity contribution < 1.29 is 9.53 Å². The Balaban J connectivity index is 1.99. The van der Waals surface area contributed by atoms with Crippen LogP contribution in [0, 0.1) is 0 Å². The second-order valence-corrected chi connectivity index (χ2v) is 5.17. The van der Waals surface area contributed by atoms with Gasteiger partial charge in [0.15, 0.2) is 5.78 Å². The summed E-state index contributed by atoms with van der Waals surface area (Å²) >= 11 is 6.38. The molecular formula is C18H14ClNO2. The van der Waals surface area contributed by atoms with Crippen molar-refractivity contribution in [2.75, 3.05) is 6.61 Å². The minimum Gasteiger partial charge on any atom is -0.494 e. The summed E-state index contributed by atoms with van der Waals surface area (Å²) in [5.74, 6) is 0.591. The molecule has 0 aliphatic rings. The molecule has 4 heteroatoms. The molecule has 0 unspecified atom stereocenters. The summed E-state index contributed by atoms with van der Waals surface area (Å²) in [6.45, 7) is 2.51. The van der Waals surface area contributed by atoms with E-state index in [1.165, 1.54) is 6.20 Å². The van der Waals surface area contributed by atoms with E-state index in [9.17, 15) is 4.79 Å². The van der Waals surface area contributed by atoms with Crippen LogP contribution in [0.5, 0.6) is 5.75 Å². The normalized spacial score (nSPS) is 10.6. The SMILES string of the molecule is CCOc1ccc(C(=O)c2cnc3ccccc3c2Cl)cc1. The van der Waals surface area contributed by atoms with Crippen molar-refractivity contribution in [1.29, 1.82) is 0 Å². The fourth-order valence-corrected chi connectivity index (χ4v) is 2.59. The third kappa shape index (κ3) is 2.68. The van der Waals surface area contributed by atoms with Crippen LogP contribution in [0.15, 0.2) is 54.7 Å². The van der Waals surface area contributed by atoms with Crippen LogP contribution in [0.25, 0.3) is 10.9 Å². The molecule has 0 fully saturated rings. The Morgan fingerprint density at radius 2 is 1.86 bits per heavy atom. The van der Waals surface area contributed by atoms with Gasteiger partial charge in [0.2, 0.25) is 0 Å². The van der Waals surface area contributed by atoms with E-state index in [4.69, 9.17) is 16.3 Å². The summed E-state index contributed by atoms with van der Waals surface area (Å²) in [4.78, 5) is 16.9. The molecule has 0 saturated heterocycles. The van der Waals surface area contributed by atoms with E-state index in [2.05, 4.69) is 4.98 Å². The lowest BCUT2D eigenvalue weighted by atomic mass is 10.0. The number of nitrogens with zero attached hydrogens (tertiary/aromatic N) is 1. The van der Waals surface area contributed by atoms with E-state index in [1.807, 2.05) is 31.2 Å². The van der Waals surface area contributed by atoms with E-state index >= 15 is 0 Å². The number of halogens is 1. The zero-order valence-corrected chi connectivity index (χ0v) is 12.8. The lowest BCUT2D eigenvalue weighted by molar-refractivity contribution is 0.103. The number of carbonyl (C=O) groups is 1. The van der Waals surface area contributed by atoms with E-state index in [-0.39, 0.29) is 5.78 Å². The number of aromatic nitrogens is 1. The quantitative estimate of drug-likeness (QED) is 0.665. The number of rotatable bonds is 4. The highest BCUT2D eigenvalue weighted by Crippen LogP contribution is 2.27. The fraction of sp³-hybridized carbons (Fsp3) is 0.111. The fourth-order valence-electron chi connectivity index (χ4n) is 2.29. The first-order chi connectivity index (χ1) is 10.7. The van der Waals surface area contributed by atoms with Crippen LogP contribution in [0.1, 0.15) is 22.8 Å². The number of ether oxygens (including phenoxy) is 1. The standard InChI is InChI=1S/C18H14ClNO2/c1-2-22-13-9-7-12(8-10-13)18(21)15-11-20-16-6-4-3-5-14(16)17(15)19/h3-11H,2H2,1H3. The Kier molecular flexibility index (Phi) is 4.07. The topological polar surface area (TPSA) is 39.2 Å². The van der Waals surface area contributed by atoms with E-state index in [1.54, 1.807) is 24.3 Å². The van der Waals surface area contributed by atoms with Gasteiger partial charge in [-0.2, -0.15) is 0 Å². The van der Waals surface area contributed by atoms with Crippen LogP contribution in [0.4, 0.5) is 0 Å². The molecule has 0 spiro atoms. The van der Waals surface area contributed by atoms with E-state index in [0.29, 0.717) is 22.8 Å². The number of fused-ring (bicyclic) bond motifs is 1. The smallest absolute Gasteiger partial charge is 0.196 e. The third-order valence-electron chi connectivity index (χ3n) is 3.38. The van der Waals surface area contributed by atoms with Gasteiger partial charge in [-0.1, -0.05) is 29.8 Å². The predicted octanol–water partition coefficient (Wildman–Crippen LogP) is 4.52. The predicted molar refractivity (Wildman–Crippen MR) is 87.8 cm³/mol. The molecule has 0 aliphatic carbocycles. The average Bonchev–Trinajstić information content (AvgIpc) is 2.56. The lowest BCUT2D eigenvalue weighted by Crippen LogP contribution is -2.03. The van der Waals surface area contributed by atoms with Crippen LogP contribution in [-0.2, 0) is 0 Å². The monoisotopic (exact) mass is 311 g/mol. The summed E-state index contributed by atoms with van der Waals surface area (Å²) in [7, 11) is 0. The Morgan fingerprint density at radius 3 is 2.59 bits per heavy atom. The highest BCUT2D eigenvalue weighted by atomic mass is 35.5. The van der Waals surface area contributed by atoms with Gasteiger partial charge in [-0.15, -0.1) is 0 Å². The average molecular weight is 312 g/mol. The van der Waals surface area contributed by atoms with Crippen LogP contribution in [-0.4, -0.2) is 17.4 Å². The first kappa shape index (κ1) is 14.5. The molecule has 0 aliphatic heterocycles. The van der Waals surface area contributed by atoms with Gasteiger partial charge in [-0.25, -0.2) is 0 Å². The van der Waals surface area contributed by atoms with Gasteiger partial charge in [0, 0.05) is 17.1 Å². The second kappa shape index (κ2) is 6.16. The Bertz CT molecular complexity index is 828. The first-order valence-corrected chi connectivity index (χ1v) is 7.39. The highest BCUT2D eigenvalue weighted by molar-refractivity contribution is 6.39. The molecule has 1 heterocycles. The minimum atomic E-state index is -0.147. The minimum absolute atomic E-state index is 0.147. The maximum absolute atomic E-state index is 12.6. The zero-order chi connectivity index (χ0) is 15.5. The van der Waals surface area contributed by atoms with Gasteiger partial charge < -0.3 is 4.74 Å². The summed E-state index contributed by atoms with van der Waals surface area (Å²) in [6.07, 6.45) is 1.53. The van der Waals surface area contributed by atoms with Crippen molar-refractivity contribution in [3.63, 3.8) is 0 Å². The number of hydrogen-bond donors (Lipinski definition) is 0. The molecule has 3 nitrogen and oxygen atoms in total. The van der Waals surface area contributed by atoms with Gasteiger partial charge in [0.25, 0.3) is 0 Å². The Labute approximate surface area is 133 Å². The van der Waals surface area contributed by atoms with Crippen molar-refractivity contribution in [3.05, 3.63) is 70.9 Å². The summed E-state index contributed by atoms with van der Waals surface area (Å²) in [6, 6.07) is 14.5. The number of ketones is 1. The second-order valence-electron chi connectivity index (χ2n) is 4.79. The lowest BCUT2D eigenvalue weighted by Gasteiger charge is -2.07. The molecule has 1 aromatic heterocycles. The number of pyridine rings is 1. The molecule has 0 radical (unpaired) electrons. The maximum atomic E-state index is 12.6. The van der Waals surface area contributed by atoms with Crippen molar-refractivity contribution in [2.45, 2.75) is 6.92 Å². The summed E-state index contributed by atoms with van der Waals surface area (Å²) < 4.78 is 5.38. The third-order valence-corrected chi connectivity index (χ3v) is 3.79. The van der Waals surface area contributed by atoms with Crippen molar-refractivity contribution in [2.24, 2.45) is 0 Å². The Morgan fingerprint density at radius 1 is 1.14 bits per heavy atom. The van der Waals surface area contributed by atoms with Crippen LogP contribution >= 0.6 is 11.6 Å². The van der Waals surface area contributed by atoms with Crippen molar-refractivity contribution in [3.8, 4) is 5.75 Å². The first-order valence-electron chi connectivity index (χ1n) is 7.01. The number of para-hydroxylation sites is 1. The number of hydrogen-bond acceptors (Lipinski definition) is 3. The summed E-state index contributed by atoms with van der Waals surface area (Å²) in [5.41, 5.74) is 1.74. The van der Waals surface area contributed by atoms with Crippen molar-refractivity contribution in [1.82, 2.24) is 4.98 Å². The molecule has 110 valence electrons. The molecule has 3 rings (SSSR count). The van der Waals surface area contributed by atoms with E-state index in [0.717, 1.165) is 16.7 Å². The van der Waals surface area contributed by atoms with Gasteiger partial charge in [0.05, 0.1) is 22.7 Å². The van der Waals surface area contributed by atoms with Crippen molar-refractivity contribution >= 4 is 28.3 Å². The van der Waals surface area contributed by atoms with Crippen LogP contribution in [0.2, 0.25) is 5.02 Å². The zero-order valence-electron chi connectivity index (χ0n) is 12.0. The number of benzene rings is 2. The molecule has 2 aromatic carbocycles. The maximum Gasteiger partial charge on any atom is 0.196 e. The molecule has 22 heavy (non-hydrogen) atoms. The van der Waals surface area contributed by atoms with E-state index < -0.39 is 0 Å². The van der Waals surface area contributed by atoms with Gasteiger partial charge in [-0.05, 0) is 37.3 Å². The largest absolute Gasteiger partial charge is 0.494 e. The molecule has 0 atom stereocenters. The molecule has 0 bridgehead atoms. The van der Waals surface area contributed by atoms with Crippen LogP contribution < -0.4 is 4.74 Å². The number of carbonyl (C=O) groups excluding carboxylic acids is 1. The van der Waals surface area contributed by atoms with Gasteiger partial charge in [0.1, 0.15) is 5.75 Å². The molecule has 0 N–H and O–H groups in total. The summed E-state index contributed by atoms with van der Waals surface area (Å²) in [5, 5.41) is 1.21. The van der Waals surface area contributed by atoms with Gasteiger partial charge in [-0.3, -0.25) is 9.78 Å². The molecule has 0 saturated carbocycles. The molecule has 0 amide bonds. The highest BCUT2D eigenvalue weighted by Gasteiger charge is 2.15. The van der Waals surface area contributed by atoms with Crippen LogP contribution in [0.3, 0.4) is 0 Å². The Hall–Kier alpha value is -2.39.